The first-order chi connectivity index (χ1) is 6.35. The average molecular weight is 214 g/mol. The summed E-state index contributed by atoms with van der Waals surface area (Å²) >= 11 is 0. The van der Waals surface area contributed by atoms with E-state index in [1.54, 1.807) is 7.11 Å². The smallest absolute Gasteiger partial charge is 0.119 e. The van der Waals surface area contributed by atoms with Crippen molar-refractivity contribution in [3.05, 3.63) is 29.3 Å². The summed E-state index contributed by atoms with van der Waals surface area (Å²) < 4.78 is 5.19. The van der Waals surface area contributed by atoms with Crippen LogP contribution >= 0.6 is 12.4 Å². The Morgan fingerprint density at radius 1 is 1.43 bits per heavy atom. The molecule has 1 N–H and O–H groups in total. The largest absolute Gasteiger partial charge is 0.497 e. The van der Waals surface area contributed by atoms with Crippen molar-refractivity contribution < 1.29 is 4.74 Å². The Hall–Kier alpha value is -0.730. The summed E-state index contributed by atoms with van der Waals surface area (Å²) in [4.78, 5) is 0. The molecule has 0 saturated carbocycles. The van der Waals surface area contributed by atoms with Crippen LogP contribution in [0.25, 0.3) is 0 Å². The summed E-state index contributed by atoms with van der Waals surface area (Å²) in [5.74, 6) is 0.968. The van der Waals surface area contributed by atoms with E-state index in [9.17, 15) is 0 Å². The summed E-state index contributed by atoms with van der Waals surface area (Å²) in [6.45, 7) is 0. The van der Waals surface area contributed by atoms with Crippen LogP contribution < -0.4 is 10.1 Å². The second-order valence-electron chi connectivity index (χ2n) is 3.44. The van der Waals surface area contributed by atoms with Crippen molar-refractivity contribution in [2.24, 2.45) is 0 Å². The number of hydrogen-bond acceptors (Lipinski definition) is 2. The van der Waals surface area contributed by atoms with Crippen molar-refractivity contribution >= 4 is 12.4 Å². The monoisotopic (exact) mass is 213 g/mol. The highest BCUT2D eigenvalue weighted by atomic mass is 35.5. The zero-order valence-corrected chi connectivity index (χ0v) is 9.36. The van der Waals surface area contributed by atoms with E-state index in [4.69, 9.17) is 4.74 Å². The van der Waals surface area contributed by atoms with Gasteiger partial charge in [-0.25, -0.2) is 0 Å². The third-order valence-corrected chi connectivity index (χ3v) is 2.78. The van der Waals surface area contributed by atoms with Crippen molar-refractivity contribution in [1.82, 2.24) is 5.32 Å². The van der Waals surface area contributed by atoms with Gasteiger partial charge in [-0.3, -0.25) is 0 Å². The van der Waals surface area contributed by atoms with Crippen LogP contribution in [-0.4, -0.2) is 14.2 Å². The molecule has 1 unspecified atom stereocenters. The quantitative estimate of drug-likeness (QED) is 0.814. The van der Waals surface area contributed by atoms with Crippen LogP contribution in [0.2, 0.25) is 0 Å². The minimum atomic E-state index is 0. The number of nitrogens with one attached hydrogen (secondary N) is 1. The SMILES string of the molecule is CNC1CCc2cc(OC)ccc21.Cl. The number of fused-ring (bicyclic) bond motifs is 1. The lowest BCUT2D eigenvalue weighted by Gasteiger charge is -2.10. The van der Waals surface area contributed by atoms with Crippen molar-refractivity contribution in [2.75, 3.05) is 14.2 Å². The molecule has 0 heterocycles. The summed E-state index contributed by atoms with van der Waals surface area (Å²) in [7, 11) is 3.73. The fourth-order valence-electron chi connectivity index (χ4n) is 2.02. The molecule has 1 aromatic carbocycles. The van der Waals surface area contributed by atoms with Gasteiger partial charge < -0.3 is 10.1 Å². The summed E-state index contributed by atoms with van der Waals surface area (Å²) in [6, 6.07) is 6.89. The number of hydrogen-bond donors (Lipinski definition) is 1. The molecule has 1 aromatic rings. The summed E-state index contributed by atoms with van der Waals surface area (Å²) in [5, 5.41) is 3.32. The van der Waals surface area contributed by atoms with Gasteiger partial charge in [0.2, 0.25) is 0 Å². The first-order valence-electron chi connectivity index (χ1n) is 4.69. The molecule has 0 spiro atoms. The third kappa shape index (κ3) is 1.86. The van der Waals surface area contributed by atoms with Crippen LogP contribution in [0.4, 0.5) is 0 Å². The minimum absolute atomic E-state index is 0. The fraction of sp³-hybridized carbons (Fsp3) is 0.455. The number of methoxy groups -OCH3 is 1. The standard InChI is InChI=1S/C11H15NO.ClH/c1-12-11-6-3-8-7-9(13-2)4-5-10(8)11;/h4-5,7,11-12H,3,6H2,1-2H3;1H. The first kappa shape index (κ1) is 11.3. The van der Waals surface area contributed by atoms with E-state index in [0.29, 0.717) is 6.04 Å². The van der Waals surface area contributed by atoms with Gasteiger partial charge in [0.05, 0.1) is 7.11 Å². The van der Waals surface area contributed by atoms with Crippen LogP contribution in [0.1, 0.15) is 23.6 Å². The molecule has 1 atom stereocenters. The van der Waals surface area contributed by atoms with Crippen LogP contribution in [0.15, 0.2) is 18.2 Å². The molecule has 0 fully saturated rings. The van der Waals surface area contributed by atoms with E-state index in [1.165, 1.54) is 17.5 Å². The molecule has 0 aliphatic heterocycles. The number of halogens is 1. The number of benzene rings is 1. The summed E-state index contributed by atoms with van der Waals surface area (Å²) in [5.41, 5.74) is 2.86. The molecule has 1 aliphatic carbocycles. The highest BCUT2D eigenvalue weighted by Gasteiger charge is 2.20. The second-order valence-corrected chi connectivity index (χ2v) is 3.44. The molecule has 0 radical (unpaired) electrons. The Kier molecular flexibility index (Phi) is 3.78. The van der Waals surface area contributed by atoms with Crippen molar-refractivity contribution in [1.29, 1.82) is 0 Å². The maximum absolute atomic E-state index is 5.19. The Bertz CT molecular complexity index is 314. The van der Waals surface area contributed by atoms with Crippen LogP contribution in [0.5, 0.6) is 5.75 Å². The van der Waals surface area contributed by atoms with Gasteiger partial charge in [-0.15, -0.1) is 12.4 Å². The predicted molar refractivity (Wildman–Crippen MR) is 60.4 cm³/mol. The van der Waals surface area contributed by atoms with Gasteiger partial charge >= 0.3 is 0 Å². The van der Waals surface area contributed by atoms with E-state index in [2.05, 4.69) is 17.4 Å². The number of aryl methyl sites for hydroxylation is 1. The van der Waals surface area contributed by atoms with Gasteiger partial charge in [-0.2, -0.15) is 0 Å². The Balaban J connectivity index is 0.000000980. The predicted octanol–water partition coefficient (Wildman–Crippen LogP) is 2.32. The lowest BCUT2D eigenvalue weighted by atomic mass is 10.1. The molecule has 2 rings (SSSR count). The zero-order valence-electron chi connectivity index (χ0n) is 8.54. The molecule has 0 bridgehead atoms. The van der Waals surface area contributed by atoms with Crippen molar-refractivity contribution in [3.63, 3.8) is 0 Å². The molecule has 0 aromatic heterocycles. The lowest BCUT2D eigenvalue weighted by molar-refractivity contribution is 0.414. The number of rotatable bonds is 2. The fourth-order valence-corrected chi connectivity index (χ4v) is 2.02. The topological polar surface area (TPSA) is 21.3 Å². The van der Waals surface area contributed by atoms with Crippen molar-refractivity contribution in [3.8, 4) is 5.75 Å². The first-order valence-corrected chi connectivity index (χ1v) is 4.69. The van der Waals surface area contributed by atoms with E-state index in [-0.39, 0.29) is 12.4 Å². The van der Waals surface area contributed by atoms with Crippen LogP contribution in [0, 0.1) is 0 Å². The van der Waals surface area contributed by atoms with Crippen molar-refractivity contribution in [2.45, 2.75) is 18.9 Å². The van der Waals surface area contributed by atoms with E-state index >= 15 is 0 Å². The van der Waals surface area contributed by atoms with E-state index < -0.39 is 0 Å². The van der Waals surface area contributed by atoms with Gasteiger partial charge in [0.1, 0.15) is 5.75 Å². The van der Waals surface area contributed by atoms with Gasteiger partial charge in [0.25, 0.3) is 0 Å². The van der Waals surface area contributed by atoms with Crippen LogP contribution in [0.3, 0.4) is 0 Å². The molecule has 2 nitrogen and oxygen atoms in total. The normalized spacial score (nSPS) is 18.6. The number of ether oxygens (including phenoxy) is 1. The molecule has 14 heavy (non-hydrogen) atoms. The highest BCUT2D eigenvalue weighted by Crippen LogP contribution is 2.32. The zero-order chi connectivity index (χ0) is 9.26. The molecular formula is C11H16ClNO. The second kappa shape index (κ2) is 4.67. The minimum Gasteiger partial charge on any atom is -0.497 e. The van der Waals surface area contributed by atoms with Gasteiger partial charge in [0.15, 0.2) is 0 Å². The Morgan fingerprint density at radius 3 is 2.86 bits per heavy atom. The third-order valence-electron chi connectivity index (χ3n) is 2.78. The van der Waals surface area contributed by atoms with E-state index in [0.717, 1.165) is 12.2 Å². The molecular weight excluding hydrogens is 198 g/mol. The average Bonchev–Trinajstić information content (AvgIpc) is 2.59. The van der Waals surface area contributed by atoms with Gasteiger partial charge in [-0.1, -0.05) is 6.07 Å². The highest BCUT2D eigenvalue weighted by molar-refractivity contribution is 5.85. The maximum atomic E-state index is 5.19. The molecule has 3 heteroatoms. The molecule has 0 saturated heterocycles. The molecule has 78 valence electrons. The Morgan fingerprint density at radius 2 is 2.21 bits per heavy atom. The Labute approximate surface area is 91.1 Å². The van der Waals surface area contributed by atoms with Crippen LogP contribution in [-0.2, 0) is 6.42 Å². The molecule has 0 amide bonds. The van der Waals surface area contributed by atoms with E-state index in [1.807, 2.05) is 13.1 Å². The molecule has 1 aliphatic rings. The van der Waals surface area contributed by atoms with Gasteiger partial charge in [0, 0.05) is 6.04 Å². The summed E-state index contributed by atoms with van der Waals surface area (Å²) in [6.07, 6.45) is 2.37. The van der Waals surface area contributed by atoms with Gasteiger partial charge in [-0.05, 0) is 43.1 Å². The maximum Gasteiger partial charge on any atom is 0.119 e. The lowest BCUT2D eigenvalue weighted by Crippen LogP contribution is -2.12.